The molecule has 1 aromatic heterocycles. The van der Waals surface area contributed by atoms with Crippen LogP contribution in [0.15, 0.2) is 17.0 Å². The summed E-state index contributed by atoms with van der Waals surface area (Å²) in [6, 6.07) is 0. The monoisotopic (exact) mass is 347 g/mol. The van der Waals surface area contributed by atoms with Crippen molar-refractivity contribution in [2.75, 3.05) is 19.6 Å². The number of nitrogens with one attached hydrogen (secondary N) is 1. The van der Waals surface area contributed by atoms with Gasteiger partial charge in [0.25, 0.3) is 0 Å². The number of aromatic nitrogens is 1. The normalized spacial score (nSPS) is 20.0. The first-order valence-electron chi connectivity index (χ1n) is 9.29. The first-order chi connectivity index (χ1) is 11.7. The Morgan fingerprint density at radius 1 is 1.38 bits per heavy atom. The number of thiazole rings is 1. The molecule has 0 radical (unpaired) electrons. The molecule has 0 atom stereocenters. The van der Waals surface area contributed by atoms with Crippen molar-refractivity contribution in [3.63, 3.8) is 0 Å². The molecule has 5 heteroatoms. The molecular weight excluding hydrogens is 318 g/mol. The number of piperidine rings is 1. The molecule has 0 aromatic carbocycles. The highest BCUT2D eigenvalue weighted by Gasteiger charge is 2.25. The highest BCUT2D eigenvalue weighted by Crippen LogP contribution is 2.21. The van der Waals surface area contributed by atoms with Gasteiger partial charge in [0, 0.05) is 24.4 Å². The number of carbonyl (C=O) groups excluding carboxylic acids is 1. The third-order valence-corrected chi connectivity index (χ3v) is 5.96. The van der Waals surface area contributed by atoms with Crippen LogP contribution in [0.3, 0.4) is 0 Å². The topological polar surface area (TPSA) is 45.2 Å². The minimum Gasteiger partial charge on any atom is -0.356 e. The number of rotatable bonds is 6. The van der Waals surface area contributed by atoms with Gasteiger partial charge in [0.1, 0.15) is 0 Å². The van der Waals surface area contributed by atoms with E-state index in [4.69, 9.17) is 0 Å². The lowest BCUT2D eigenvalue weighted by atomic mass is 9.95. The Bertz CT molecular complexity index is 573. The zero-order valence-corrected chi connectivity index (χ0v) is 15.5. The lowest BCUT2D eigenvalue weighted by Gasteiger charge is -2.30. The molecular formula is C19H29N3OS. The molecule has 0 unspecified atom stereocenters. The minimum atomic E-state index is 0.193. The Hall–Kier alpha value is -1.20. The summed E-state index contributed by atoms with van der Waals surface area (Å²) in [4.78, 5) is 19.3. The van der Waals surface area contributed by atoms with Crippen LogP contribution < -0.4 is 5.32 Å². The van der Waals surface area contributed by atoms with Crippen molar-refractivity contribution in [1.29, 1.82) is 0 Å². The van der Waals surface area contributed by atoms with Gasteiger partial charge in [-0.2, -0.15) is 0 Å². The number of hydrogen-bond donors (Lipinski definition) is 1. The maximum Gasteiger partial charge on any atom is 0.223 e. The fraction of sp³-hybridized carbons (Fsp3) is 0.684. The molecule has 1 saturated heterocycles. The van der Waals surface area contributed by atoms with Gasteiger partial charge in [-0.1, -0.05) is 11.6 Å². The number of amides is 1. The van der Waals surface area contributed by atoms with E-state index >= 15 is 0 Å². The zero-order valence-electron chi connectivity index (χ0n) is 14.7. The average molecular weight is 348 g/mol. The maximum atomic E-state index is 12.3. The van der Waals surface area contributed by atoms with Gasteiger partial charge in [-0.05, 0) is 65.0 Å². The minimum absolute atomic E-state index is 0.193. The third kappa shape index (κ3) is 5.15. The molecule has 0 bridgehead atoms. The van der Waals surface area contributed by atoms with E-state index in [2.05, 4.69) is 26.7 Å². The van der Waals surface area contributed by atoms with Crippen LogP contribution in [0.2, 0.25) is 0 Å². The first kappa shape index (κ1) is 17.6. The third-order valence-electron chi connectivity index (χ3n) is 5.14. The first-order valence-corrected chi connectivity index (χ1v) is 10.2. The molecule has 2 aliphatic rings. The molecule has 3 rings (SSSR count). The number of allylic oxidation sites excluding steroid dienone is 1. The molecule has 0 spiro atoms. The van der Waals surface area contributed by atoms with Crippen LogP contribution >= 0.6 is 11.3 Å². The number of hydrogen-bond acceptors (Lipinski definition) is 4. The van der Waals surface area contributed by atoms with E-state index in [0.29, 0.717) is 0 Å². The molecule has 132 valence electrons. The van der Waals surface area contributed by atoms with Gasteiger partial charge in [-0.3, -0.25) is 9.69 Å². The van der Waals surface area contributed by atoms with E-state index in [9.17, 15) is 4.79 Å². The van der Waals surface area contributed by atoms with Gasteiger partial charge in [0.15, 0.2) is 0 Å². The standard InChI is InChI=1S/C19H29N3OS/c1-15-21-18(14-24-15)13-22-11-8-17(9-12-22)19(23)20-10-7-16-5-3-2-4-6-16/h5,14,17H,2-4,6-13H2,1H3,(H,20,23). The zero-order chi connectivity index (χ0) is 16.8. The molecule has 4 nitrogen and oxygen atoms in total. The second-order valence-corrected chi connectivity index (χ2v) is 8.12. The number of carbonyl (C=O) groups is 1. The summed E-state index contributed by atoms with van der Waals surface area (Å²) >= 11 is 1.71. The van der Waals surface area contributed by atoms with Gasteiger partial charge in [0.05, 0.1) is 10.7 Å². The maximum absolute atomic E-state index is 12.3. The Morgan fingerprint density at radius 3 is 2.88 bits per heavy atom. The Labute approximate surface area is 149 Å². The highest BCUT2D eigenvalue weighted by molar-refractivity contribution is 7.09. The van der Waals surface area contributed by atoms with Crippen LogP contribution in [0.1, 0.15) is 55.6 Å². The van der Waals surface area contributed by atoms with E-state index in [1.807, 2.05) is 6.92 Å². The van der Waals surface area contributed by atoms with E-state index in [-0.39, 0.29) is 11.8 Å². The Kier molecular flexibility index (Phi) is 6.44. The summed E-state index contributed by atoms with van der Waals surface area (Å²) in [7, 11) is 0. The van der Waals surface area contributed by atoms with Crippen molar-refractivity contribution >= 4 is 17.2 Å². The molecule has 1 amide bonds. The highest BCUT2D eigenvalue weighted by atomic mass is 32.1. The van der Waals surface area contributed by atoms with Gasteiger partial charge >= 0.3 is 0 Å². The van der Waals surface area contributed by atoms with Crippen molar-refractivity contribution < 1.29 is 4.79 Å². The predicted octanol–water partition coefficient (Wildman–Crippen LogP) is 3.67. The molecule has 1 aliphatic carbocycles. The fourth-order valence-electron chi connectivity index (χ4n) is 3.69. The van der Waals surface area contributed by atoms with Gasteiger partial charge < -0.3 is 5.32 Å². The predicted molar refractivity (Wildman–Crippen MR) is 99.0 cm³/mol. The van der Waals surface area contributed by atoms with E-state index < -0.39 is 0 Å². The van der Waals surface area contributed by atoms with E-state index in [0.717, 1.165) is 50.4 Å². The van der Waals surface area contributed by atoms with Crippen LogP contribution in [0.4, 0.5) is 0 Å². The summed E-state index contributed by atoms with van der Waals surface area (Å²) in [6.07, 6.45) is 10.4. The molecule has 24 heavy (non-hydrogen) atoms. The molecule has 1 aliphatic heterocycles. The molecule has 0 saturated carbocycles. The summed E-state index contributed by atoms with van der Waals surface area (Å²) in [5, 5.41) is 6.44. The summed E-state index contributed by atoms with van der Waals surface area (Å²) in [6.45, 7) is 5.78. The van der Waals surface area contributed by atoms with Crippen LogP contribution in [0, 0.1) is 12.8 Å². The van der Waals surface area contributed by atoms with Crippen molar-refractivity contribution in [2.45, 2.75) is 58.4 Å². The largest absolute Gasteiger partial charge is 0.356 e. The molecule has 2 heterocycles. The van der Waals surface area contributed by atoms with Crippen molar-refractivity contribution in [3.05, 3.63) is 27.7 Å². The van der Waals surface area contributed by atoms with Gasteiger partial charge in [-0.15, -0.1) is 11.3 Å². The van der Waals surface area contributed by atoms with E-state index in [1.54, 1.807) is 11.3 Å². The van der Waals surface area contributed by atoms with Crippen molar-refractivity contribution in [2.24, 2.45) is 5.92 Å². The van der Waals surface area contributed by atoms with Crippen molar-refractivity contribution in [1.82, 2.24) is 15.2 Å². The van der Waals surface area contributed by atoms with Crippen LogP contribution in [-0.2, 0) is 11.3 Å². The number of likely N-dealkylation sites (tertiary alicyclic amines) is 1. The quantitative estimate of drug-likeness (QED) is 0.799. The Morgan fingerprint density at radius 2 is 2.21 bits per heavy atom. The molecule has 1 N–H and O–H groups in total. The second kappa shape index (κ2) is 8.77. The summed E-state index contributed by atoms with van der Waals surface area (Å²) in [5.74, 6) is 0.453. The number of aryl methyl sites for hydroxylation is 1. The lowest BCUT2D eigenvalue weighted by Crippen LogP contribution is -2.40. The van der Waals surface area contributed by atoms with E-state index in [1.165, 1.54) is 37.0 Å². The summed E-state index contributed by atoms with van der Waals surface area (Å²) < 4.78 is 0. The number of nitrogens with zero attached hydrogens (tertiary/aromatic N) is 2. The smallest absolute Gasteiger partial charge is 0.223 e. The fourth-order valence-corrected chi connectivity index (χ4v) is 4.29. The van der Waals surface area contributed by atoms with Crippen molar-refractivity contribution in [3.8, 4) is 0 Å². The average Bonchev–Trinajstić information content (AvgIpc) is 3.01. The SMILES string of the molecule is Cc1nc(CN2CCC(C(=O)NCCC3=CCCCC3)CC2)cs1. The summed E-state index contributed by atoms with van der Waals surface area (Å²) in [5.41, 5.74) is 2.70. The molecule has 1 aromatic rings. The van der Waals surface area contributed by atoms with Gasteiger partial charge in [0.2, 0.25) is 5.91 Å². The Balaban J connectivity index is 1.34. The second-order valence-electron chi connectivity index (χ2n) is 7.06. The van der Waals surface area contributed by atoms with Crippen LogP contribution in [0.25, 0.3) is 0 Å². The van der Waals surface area contributed by atoms with Gasteiger partial charge in [-0.25, -0.2) is 4.98 Å². The lowest BCUT2D eigenvalue weighted by molar-refractivity contribution is -0.126. The molecule has 1 fully saturated rings. The van der Waals surface area contributed by atoms with Crippen LogP contribution in [0.5, 0.6) is 0 Å². The van der Waals surface area contributed by atoms with Crippen LogP contribution in [-0.4, -0.2) is 35.4 Å².